The molecular formula is C10H12F3NO3. The number of carbonyl (C=O) groups is 2. The van der Waals surface area contributed by atoms with Crippen molar-refractivity contribution >= 4 is 11.9 Å². The van der Waals surface area contributed by atoms with Gasteiger partial charge in [0.25, 0.3) is 0 Å². The van der Waals surface area contributed by atoms with Gasteiger partial charge in [-0.05, 0) is 31.1 Å². The third-order valence-corrected chi connectivity index (χ3v) is 3.68. The number of aliphatic carboxylic acids is 1. The molecule has 0 aromatic heterocycles. The number of rotatable bonds is 2. The summed E-state index contributed by atoms with van der Waals surface area (Å²) in [7, 11) is 0. The van der Waals surface area contributed by atoms with E-state index in [-0.39, 0.29) is 18.3 Å². The quantitative estimate of drug-likeness (QED) is 0.777. The van der Waals surface area contributed by atoms with Gasteiger partial charge in [-0.25, -0.2) is 4.79 Å². The molecule has 17 heavy (non-hydrogen) atoms. The molecular weight excluding hydrogens is 239 g/mol. The van der Waals surface area contributed by atoms with Crippen LogP contribution in [0.1, 0.15) is 25.7 Å². The Kier molecular flexibility index (Phi) is 2.59. The van der Waals surface area contributed by atoms with Crippen molar-refractivity contribution in [2.24, 2.45) is 11.8 Å². The first-order chi connectivity index (χ1) is 7.77. The maximum atomic E-state index is 12.2. The molecule has 3 atom stereocenters. The Labute approximate surface area is 95.2 Å². The van der Waals surface area contributed by atoms with Gasteiger partial charge in [-0.2, -0.15) is 13.2 Å². The van der Waals surface area contributed by atoms with Gasteiger partial charge in [0.1, 0.15) is 5.54 Å². The second kappa shape index (κ2) is 3.61. The van der Waals surface area contributed by atoms with Gasteiger partial charge >= 0.3 is 18.1 Å². The summed E-state index contributed by atoms with van der Waals surface area (Å²) in [5.41, 5.74) is -1.71. The van der Waals surface area contributed by atoms with Crippen molar-refractivity contribution in [2.75, 3.05) is 0 Å². The van der Waals surface area contributed by atoms with E-state index in [1.54, 1.807) is 5.32 Å². The van der Waals surface area contributed by atoms with Crippen molar-refractivity contribution in [1.82, 2.24) is 5.32 Å². The number of amides is 1. The Morgan fingerprint density at radius 3 is 2.53 bits per heavy atom. The van der Waals surface area contributed by atoms with Crippen LogP contribution in [0, 0.1) is 11.8 Å². The number of carbonyl (C=O) groups excluding carboxylic acids is 1. The summed E-state index contributed by atoms with van der Waals surface area (Å²) in [5, 5.41) is 10.8. The van der Waals surface area contributed by atoms with Crippen LogP contribution in [0.5, 0.6) is 0 Å². The van der Waals surface area contributed by atoms with E-state index in [4.69, 9.17) is 5.11 Å². The number of alkyl halides is 3. The Morgan fingerprint density at radius 1 is 1.35 bits per heavy atom. The molecule has 2 aliphatic rings. The van der Waals surface area contributed by atoms with E-state index in [1.165, 1.54) is 0 Å². The minimum absolute atomic E-state index is 0.0747. The fraction of sp³-hybridized carbons (Fsp3) is 0.800. The van der Waals surface area contributed by atoms with Crippen molar-refractivity contribution in [1.29, 1.82) is 0 Å². The van der Waals surface area contributed by atoms with Gasteiger partial charge in [0.2, 0.25) is 0 Å². The molecule has 0 aliphatic heterocycles. The highest BCUT2D eigenvalue weighted by Gasteiger charge is 2.61. The predicted molar refractivity (Wildman–Crippen MR) is 50.0 cm³/mol. The summed E-state index contributed by atoms with van der Waals surface area (Å²) in [5.74, 6) is -3.72. The SMILES string of the molecule is O=C(NC1(C(=O)O)CCCC2CC21)C(F)(F)F. The Morgan fingerprint density at radius 2 is 2.00 bits per heavy atom. The van der Waals surface area contributed by atoms with Crippen LogP contribution in [0.3, 0.4) is 0 Å². The zero-order valence-electron chi connectivity index (χ0n) is 8.88. The molecule has 0 spiro atoms. The third-order valence-electron chi connectivity index (χ3n) is 3.68. The third kappa shape index (κ3) is 1.98. The van der Waals surface area contributed by atoms with Gasteiger partial charge in [0, 0.05) is 0 Å². The molecule has 2 N–H and O–H groups in total. The number of fused-ring (bicyclic) bond motifs is 1. The second-order valence-corrected chi connectivity index (χ2v) is 4.72. The molecule has 2 fully saturated rings. The molecule has 0 bridgehead atoms. The molecule has 2 aliphatic carbocycles. The first-order valence-corrected chi connectivity index (χ1v) is 5.40. The van der Waals surface area contributed by atoms with Gasteiger partial charge in [0.15, 0.2) is 0 Å². The van der Waals surface area contributed by atoms with Crippen molar-refractivity contribution < 1.29 is 27.9 Å². The number of nitrogens with one attached hydrogen (secondary N) is 1. The van der Waals surface area contributed by atoms with Gasteiger partial charge in [0.05, 0.1) is 0 Å². The van der Waals surface area contributed by atoms with Gasteiger partial charge in [-0.3, -0.25) is 4.79 Å². The minimum Gasteiger partial charge on any atom is -0.479 e. The summed E-state index contributed by atoms with van der Waals surface area (Å²) in [6, 6.07) is 0. The molecule has 2 rings (SSSR count). The van der Waals surface area contributed by atoms with Gasteiger partial charge in [-0.15, -0.1) is 0 Å². The van der Waals surface area contributed by atoms with Crippen molar-refractivity contribution in [3.05, 3.63) is 0 Å². The van der Waals surface area contributed by atoms with Gasteiger partial charge < -0.3 is 10.4 Å². The lowest BCUT2D eigenvalue weighted by molar-refractivity contribution is -0.178. The van der Waals surface area contributed by atoms with Crippen LogP contribution < -0.4 is 5.32 Å². The standard InChI is InChI=1S/C10H12F3NO3/c11-10(12,13)7(15)14-9(8(16)17)3-1-2-5-4-6(5)9/h5-6H,1-4H2,(H,14,15)(H,16,17). The van der Waals surface area contributed by atoms with Crippen molar-refractivity contribution in [2.45, 2.75) is 37.4 Å². The molecule has 3 unspecified atom stereocenters. The number of hydrogen-bond donors (Lipinski definition) is 2. The minimum atomic E-state index is -5.04. The Balaban J connectivity index is 2.19. The lowest BCUT2D eigenvalue weighted by Crippen LogP contribution is -2.60. The largest absolute Gasteiger partial charge is 0.479 e. The zero-order valence-corrected chi connectivity index (χ0v) is 8.88. The molecule has 96 valence electrons. The van der Waals surface area contributed by atoms with E-state index in [9.17, 15) is 22.8 Å². The monoisotopic (exact) mass is 251 g/mol. The van der Waals surface area contributed by atoms with Crippen LogP contribution in [0.4, 0.5) is 13.2 Å². The van der Waals surface area contributed by atoms with E-state index in [0.29, 0.717) is 12.8 Å². The fourth-order valence-electron chi connectivity index (χ4n) is 2.75. The Bertz CT molecular complexity index is 368. The number of carboxylic acids is 1. The Hall–Kier alpha value is -1.27. The molecule has 0 heterocycles. The summed E-state index contributed by atoms with van der Waals surface area (Å²) >= 11 is 0. The van der Waals surface area contributed by atoms with Crippen molar-refractivity contribution in [3.8, 4) is 0 Å². The first kappa shape index (κ1) is 12.2. The lowest BCUT2D eigenvalue weighted by atomic mass is 9.81. The molecule has 1 amide bonds. The summed E-state index contributed by atoms with van der Waals surface area (Å²) < 4.78 is 36.5. The van der Waals surface area contributed by atoms with E-state index in [0.717, 1.165) is 6.42 Å². The summed E-state index contributed by atoms with van der Waals surface area (Å²) in [6.45, 7) is 0. The average molecular weight is 251 g/mol. The number of halogens is 3. The second-order valence-electron chi connectivity index (χ2n) is 4.72. The molecule has 0 radical (unpaired) electrons. The molecule has 0 aromatic rings. The average Bonchev–Trinajstić information content (AvgIpc) is 2.95. The van der Waals surface area contributed by atoms with Crippen LogP contribution in [0.25, 0.3) is 0 Å². The van der Waals surface area contributed by atoms with E-state index in [2.05, 4.69) is 0 Å². The van der Waals surface area contributed by atoms with Crippen LogP contribution in [0.15, 0.2) is 0 Å². The van der Waals surface area contributed by atoms with E-state index >= 15 is 0 Å². The fourth-order valence-corrected chi connectivity index (χ4v) is 2.75. The summed E-state index contributed by atoms with van der Waals surface area (Å²) in [4.78, 5) is 22.1. The highest BCUT2D eigenvalue weighted by atomic mass is 19.4. The van der Waals surface area contributed by atoms with Crippen LogP contribution in [-0.2, 0) is 9.59 Å². The van der Waals surface area contributed by atoms with E-state index < -0.39 is 23.6 Å². The van der Waals surface area contributed by atoms with Crippen LogP contribution in [-0.4, -0.2) is 28.7 Å². The van der Waals surface area contributed by atoms with E-state index in [1.807, 2.05) is 0 Å². The maximum absolute atomic E-state index is 12.2. The molecule has 0 saturated heterocycles. The normalized spacial score (nSPS) is 35.9. The highest BCUT2D eigenvalue weighted by molar-refractivity contribution is 5.90. The highest BCUT2D eigenvalue weighted by Crippen LogP contribution is 2.55. The number of hydrogen-bond acceptors (Lipinski definition) is 2. The lowest BCUT2D eigenvalue weighted by Gasteiger charge is -2.34. The maximum Gasteiger partial charge on any atom is 0.471 e. The molecule has 7 heteroatoms. The first-order valence-electron chi connectivity index (χ1n) is 5.40. The summed E-state index contributed by atoms with van der Waals surface area (Å²) in [6.07, 6.45) is -3.01. The topological polar surface area (TPSA) is 66.4 Å². The van der Waals surface area contributed by atoms with Crippen molar-refractivity contribution in [3.63, 3.8) is 0 Å². The van der Waals surface area contributed by atoms with Crippen LogP contribution >= 0.6 is 0 Å². The molecule has 4 nitrogen and oxygen atoms in total. The van der Waals surface area contributed by atoms with Gasteiger partial charge in [-0.1, -0.05) is 6.42 Å². The smallest absolute Gasteiger partial charge is 0.471 e. The number of carboxylic acid groups (broad SMARTS) is 1. The molecule has 0 aromatic carbocycles. The predicted octanol–water partition coefficient (Wildman–Crippen LogP) is 1.31. The molecule has 2 saturated carbocycles. The zero-order chi connectivity index (χ0) is 12.8. The van der Waals surface area contributed by atoms with Crippen LogP contribution in [0.2, 0.25) is 0 Å².